The number of nitrogens with one attached hydrogen (secondary N) is 2. The maximum atomic E-state index is 15.8. The topological polar surface area (TPSA) is 144 Å². The summed E-state index contributed by atoms with van der Waals surface area (Å²) in [6, 6.07) is 5.77. The number of fused-ring (bicyclic) bond motifs is 1. The van der Waals surface area contributed by atoms with E-state index in [1.807, 2.05) is 0 Å². The molecule has 12 nitrogen and oxygen atoms in total. The number of aromatic nitrogens is 4. The molecular formula is C30H31F4N7O5P+. The number of rotatable bonds is 13. The number of amides is 1. The molecule has 5 rings (SSSR count). The van der Waals surface area contributed by atoms with Crippen molar-refractivity contribution in [1.29, 1.82) is 0 Å². The van der Waals surface area contributed by atoms with E-state index >= 15 is 4.39 Å². The van der Waals surface area contributed by atoms with Gasteiger partial charge in [-0.15, -0.1) is 4.52 Å². The Bertz CT molecular complexity index is 1820. The minimum absolute atomic E-state index is 0.00380. The van der Waals surface area contributed by atoms with E-state index in [0.29, 0.717) is 36.0 Å². The summed E-state index contributed by atoms with van der Waals surface area (Å²) in [5.41, 5.74) is 0.248. The highest BCUT2D eigenvalue weighted by Crippen LogP contribution is 2.42. The van der Waals surface area contributed by atoms with Gasteiger partial charge in [-0.3, -0.25) is 9.48 Å². The molecule has 1 amide bonds. The number of aryl methyl sites for hydroxylation is 1. The summed E-state index contributed by atoms with van der Waals surface area (Å²) in [6.07, 6.45) is -0.764. The lowest BCUT2D eigenvalue weighted by atomic mass is 9.96. The number of nitrogens with zero attached hydrogens (tertiary/aromatic N) is 5. The standard InChI is InChI=1S/C30H30F4N7O5P/c1-4-46-47(44)16-17-6-7-22(24(10-17)45-3)38-29-35-13-20(30(32,33)34)27(39-29)37-23-11-21(31)25(19-15-40(2)28(43)26(19)23)18-12-36-41(14-18)8-5-9-42/h6-7,10-14,42H,4-5,8-9,15-16H2,1-3H3,(H-,35,37,38,39,43)/p+1. The summed E-state index contributed by atoms with van der Waals surface area (Å²) in [5.74, 6) is -1.99. The second kappa shape index (κ2) is 14.0. The Morgan fingerprint density at radius 2 is 1.91 bits per heavy atom. The van der Waals surface area contributed by atoms with Gasteiger partial charge in [0.15, 0.2) is 0 Å². The van der Waals surface area contributed by atoms with Crippen molar-refractivity contribution in [3.63, 3.8) is 0 Å². The highest BCUT2D eigenvalue weighted by molar-refractivity contribution is 7.38. The fourth-order valence-corrected chi connectivity index (χ4v) is 6.01. The molecule has 248 valence electrons. The number of benzene rings is 2. The van der Waals surface area contributed by atoms with Crippen molar-refractivity contribution in [2.45, 2.75) is 38.8 Å². The first-order chi connectivity index (χ1) is 22.4. The molecule has 17 heteroatoms. The number of methoxy groups -OCH3 is 1. The Morgan fingerprint density at radius 1 is 1.13 bits per heavy atom. The fourth-order valence-electron chi connectivity index (χ4n) is 5.13. The third kappa shape index (κ3) is 7.34. The van der Waals surface area contributed by atoms with Crippen LogP contribution in [0.3, 0.4) is 0 Å². The van der Waals surface area contributed by atoms with Gasteiger partial charge in [0.1, 0.15) is 22.9 Å². The van der Waals surface area contributed by atoms with E-state index in [-0.39, 0.29) is 60.0 Å². The first kappa shape index (κ1) is 33.7. The van der Waals surface area contributed by atoms with Crippen molar-refractivity contribution in [3.05, 3.63) is 70.9 Å². The Kier molecular flexibility index (Phi) is 10.0. The third-order valence-electron chi connectivity index (χ3n) is 7.25. The Balaban J connectivity index is 1.52. The molecule has 1 aliphatic heterocycles. The van der Waals surface area contributed by atoms with E-state index in [0.717, 1.165) is 6.07 Å². The number of hydrogen-bond donors (Lipinski definition) is 3. The molecule has 1 aliphatic rings. The van der Waals surface area contributed by atoms with Crippen molar-refractivity contribution in [2.24, 2.45) is 0 Å². The summed E-state index contributed by atoms with van der Waals surface area (Å²) in [6.45, 7) is 2.35. The van der Waals surface area contributed by atoms with E-state index in [9.17, 15) is 22.5 Å². The van der Waals surface area contributed by atoms with Crippen LogP contribution in [-0.2, 0) is 34.5 Å². The summed E-state index contributed by atoms with van der Waals surface area (Å²) < 4.78 is 82.3. The van der Waals surface area contributed by atoms with Gasteiger partial charge in [-0.25, -0.2) is 9.37 Å². The average molecular weight is 677 g/mol. The normalized spacial score (nSPS) is 13.1. The highest BCUT2D eigenvalue weighted by atomic mass is 31.1. The second-order valence-electron chi connectivity index (χ2n) is 10.5. The lowest BCUT2D eigenvalue weighted by Gasteiger charge is -2.18. The van der Waals surface area contributed by atoms with Crippen molar-refractivity contribution >= 4 is 37.1 Å². The molecule has 3 heterocycles. The molecule has 4 aromatic rings. The Labute approximate surface area is 267 Å². The molecule has 2 aromatic heterocycles. The highest BCUT2D eigenvalue weighted by Gasteiger charge is 2.37. The maximum absolute atomic E-state index is 15.8. The van der Waals surface area contributed by atoms with E-state index in [1.165, 1.54) is 29.9 Å². The van der Waals surface area contributed by atoms with E-state index in [4.69, 9.17) is 14.4 Å². The van der Waals surface area contributed by atoms with Crippen LogP contribution in [0.25, 0.3) is 11.1 Å². The van der Waals surface area contributed by atoms with Gasteiger partial charge >= 0.3 is 14.2 Å². The quantitative estimate of drug-likeness (QED) is 0.110. The van der Waals surface area contributed by atoms with Crippen LogP contribution in [0.1, 0.15) is 40.4 Å². The lowest BCUT2D eigenvalue weighted by molar-refractivity contribution is -0.137. The minimum atomic E-state index is -4.90. The van der Waals surface area contributed by atoms with Crippen LogP contribution >= 0.6 is 8.03 Å². The van der Waals surface area contributed by atoms with Crippen LogP contribution in [0.5, 0.6) is 5.75 Å². The molecule has 0 fully saturated rings. The molecule has 3 N–H and O–H groups in total. The monoisotopic (exact) mass is 676 g/mol. The number of ether oxygens (including phenoxy) is 1. The van der Waals surface area contributed by atoms with Gasteiger partial charge in [0.05, 0.1) is 36.9 Å². The summed E-state index contributed by atoms with van der Waals surface area (Å²) in [7, 11) is 0.954. The molecule has 0 saturated carbocycles. The van der Waals surface area contributed by atoms with Gasteiger partial charge in [-0.2, -0.15) is 23.3 Å². The van der Waals surface area contributed by atoms with Gasteiger partial charge in [0, 0.05) is 55.8 Å². The number of halogens is 4. The zero-order chi connectivity index (χ0) is 33.9. The van der Waals surface area contributed by atoms with E-state index in [1.54, 1.807) is 31.3 Å². The van der Waals surface area contributed by atoms with Crippen molar-refractivity contribution < 1.29 is 41.3 Å². The molecule has 47 heavy (non-hydrogen) atoms. The molecule has 0 spiro atoms. The Morgan fingerprint density at radius 3 is 2.62 bits per heavy atom. The second-order valence-corrected chi connectivity index (χ2v) is 11.8. The zero-order valence-corrected chi connectivity index (χ0v) is 26.5. The molecule has 0 radical (unpaired) electrons. The van der Waals surface area contributed by atoms with Crippen molar-refractivity contribution in [1.82, 2.24) is 24.6 Å². The summed E-state index contributed by atoms with van der Waals surface area (Å²) in [5, 5.41) is 18.7. The van der Waals surface area contributed by atoms with E-state index < -0.39 is 37.3 Å². The maximum Gasteiger partial charge on any atom is 0.512 e. The van der Waals surface area contributed by atoms with Gasteiger partial charge in [0.2, 0.25) is 12.1 Å². The predicted molar refractivity (Wildman–Crippen MR) is 165 cm³/mol. The summed E-state index contributed by atoms with van der Waals surface area (Å²) >= 11 is 0. The first-order valence-electron chi connectivity index (χ1n) is 14.4. The molecule has 1 unspecified atom stereocenters. The van der Waals surface area contributed by atoms with Crippen LogP contribution in [0, 0.1) is 5.82 Å². The lowest BCUT2D eigenvalue weighted by Crippen LogP contribution is -2.18. The largest absolute Gasteiger partial charge is 0.512 e. The SMILES string of the molecule is CCO[P+](=O)Cc1ccc(Nc2ncc(C(F)(F)F)c(Nc3cc(F)c(-c4cnn(CCCO)c4)c4c3C(=O)N(C)C4)n2)c(OC)c1. The Hall–Kier alpha value is -4.66. The summed E-state index contributed by atoms with van der Waals surface area (Å²) in [4.78, 5) is 22.5. The predicted octanol–water partition coefficient (Wildman–Crippen LogP) is 6.24. The molecule has 0 saturated heterocycles. The number of alkyl halides is 3. The molecule has 0 bridgehead atoms. The average Bonchev–Trinajstić information content (AvgIpc) is 3.60. The van der Waals surface area contributed by atoms with Crippen LogP contribution < -0.4 is 15.4 Å². The van der Waals surface area contributed by atoms with Gasteiger partial charge in [-0.1, -0.05) is 6.07 Å². The smallest absolute Gasteiger partial charge is 0.495 e. The van der Waals surface area contributed by atoms with Crippen LogP contribution in [0.15, 0.2) is 42.9 Å². The number of aliphatic hydroxyl groups excluding tert-OH is 1. The van der Waals surface area contributed by atoms with Crippen LogP contribution in [0.4, 0.5) is 40.7 Å². The third-order valence-corrected chi connectivity index (χ3v) is 8.42. The van der Waals surface area contributed by atoms with E-state index in [2.05, 4.69) is 25.7 Å². The number of hydrogen-bond acceptors (Lipinski definition) is 10. The molecule has 2 aromatic carbocycles. The van der Waals surface area contributed by atoms with Gasteiger partial charge in [-0.05, 0) is 41.7 Å². The number of carbonyl (C=O) groups excluding carboxylic acids is 1. The first-order valence-corrected chi connectivity index (χ1v) is 15.8. The minimum Gasteiger partial charge on any atom is -0.495 e. The molecular weight excluding hydrogens is 645 g/mol. The van der Waals surface area contributed by atoms with Crippen LogP contribution in [0.2, 0.25) is 0 Å². The van der Waals surface area contributed by atoms with Gasteiger partial charge < -0.3 is 25.4 Å². The van der Waals surface area contributed by atoms with Gasteiger partial charge in [0.25, 0.3) is 5.91 Å². The number of anilines is 4. The number of carbonyl (C=O) groups is 1. The van der Waals surface area contributed by atoms with Crippen LogP contribution in [-0.4, -0.2) is 63.0 Å². The van der Waals surface area contributed by atoms with Crippen molar-refractivity contribution in [3.8, 4) is 16.9 Å². The fraction of sp³-hybridized carbons (Fsp3) is 0.333. The molecule has 0 aliphatic carbocycles. The molecule has 1 atom stereocenters. The van der Waals surface area contributed by atoms with Crippen molar-refractivity contribution in [2.75, 3.05) is 38.0 Å². The number of aliphatic hydroxyl groups is 1. The zero-order valence-electron chi connectivity index (χ0n) is 25.6.